The third-order valence-corrected chi connectivity index (χ3v) is 13.7. The van der Waals surface area contributed by atoms with Gasteiger partial charge in [-0.3, -0.25) is 14.4 Å². The molecule has 6 heteroatoms. The monoisotopic (exact) mass is 933 g/mol. The molecule has 1 atom stereocenters. The van der Waals surface area contributed by atoms with Gasteiger partial charge in [0, 0.05) is 19.3 Å². The SMILES string of the molecule is CCCCCCCCCCCCCCC(=O)OC[C@@H](COC(=O)CCCCCCCCCCCCCCC(C)C)OC(=O)CCCCCCCCCCCCCCCCCCCCC(C)C. The van der Waals surface area contributed by atoms with Crippen LogP contribution in [-0.4, -0.2) is 37.2 Å². The smallest absolute Gasteiger partial charge is 0.306 e. The lowest BCUT2D eigenvalue weighted by atomic mass is 10.0. The molecule has 0 unspecified atom stereocenters. The van der Waals surface area contributed by atoms with Crippen molar-refractivity contribution in [2.45, 2.75) is 343 Å². The first-order valence-electron chi connectivity index (χ1n) is 29.7. The highest BCUT2D eigenvalue weighted by Crippen LogP contribution is 2.18. The van der Waals surface area contributed by atoms with Crippen LogP contribution in [0.5, 0.6) is 0 Å². The Morgan fingerprint density at radius 2 is 0.500 bits per heavy atom. The second-order valence-corrected chi connectivity index (χ2v) is 21.6. The molecule has 0 amide bonds. The predicted molar refractivity (Wildman–Crippen MR) is 284 cm³/mol. The summed E-state index contributed by atoms with van der Waals surface area (Å²) in [5.41, 5.74) is 0. The largest absolute Gasteiger partial charge is 0.462 e. The van der Waals surface area contributed by atoms with Crippen LogP contribution in [0.25, 0.3) is 0 Å². The molecule has 0 radical (unpaired) electrons. The molecule has 0 aromatic carbocycles. The van der Waals surface area contributed by atoms with Crippen LogP contribution in [0.4, 0.5) is 0 Å². The van der Waals surface area contributed by atoms with Crippen molar-refractivity contribution in [2.75, 3.05) is 13.2 Å². The molecule has 0 fully saturated rings. The Kier molecular flexibility index (Phi) is 51.5. The summed E-state index contributed by atoms with van der Waals surface area (Å²) in [5.74, 6) is 0.855. The summed E-state index contributed by atoms with van der Waals surface area (Å²) >= 11 is 0. The lowest BCUT2D eigenvalue weighted by Crippen LogP contribution is -2.30. The van der Waals surface area contributed by atoms with Crippen molar-refractivity contribution in [2.24, 2.45) is 11.8 Å². The average Bonchev–Trinajstić information content (AvgIpc) is 3.29. The predicted octanol–water partition coefficient (Wildman–Crippen LogP) is 19.7. The zero-order valence-electron chi connectivity index (χ0n) is 45.3. The Labute approximate surface area is 412 Å². The van der Waals surface area contributed by atoms with Gasteiger partial charge in [-0.1, -0.05) is 298 Å². The Morgan fingerprint density at radius 1 is 0.288 bits per heavy atom. The van der Waals surface area contributed by atoms with Gasteiger partial charge in [0.2, 0.25) is 0 Å². The van der Waals surface area contributed by atoms with Gasteiger partial charge in [-0.2, -0.15) is 0 Å². The van der Waals surface area contributed by atoms with E-state index in [4.69, 9.17) is 14.2 Å². The van der Waals surface area contributed by atoms with E-state index in [0.717, 1.165) is 69.6 Å². The van der Waals surface area contributed by atoms with E-state index < -0.39 is 6.10 Å². The van der Waals surface area contributed by atoms with E-state index in [-0.39, 0.29) is 31.1 Å². The molecule has 0 N–H and O–H groups in total. The third-order valence-electron chi connectivity index (χ3n) is 13.7. The van der Waals surface area contributed by atoms with E-state index in [2.05, 4.69) is 34.6 Å². The van der Waals surface area contributed by atoms with E-state index in [1.165, 1.54) is 225 Å². The van der Waals surface area contributed by atoms with Crippen molar-refractivity contribution in [3.8, 4) is 0 Å². The molecule has 0 aromatic rings. The van der Waals surface area contributed by atoms with Crippen molar-refractivity contribution >= 4 is 17.9 Å². The third kappa shape index (κ3) is 53.4. The highest BCUT2D eigenvalue weighted by molar-refractivity contribution is 5.71. The molecule has 0 heterocycles. The van der Waals surface area contributed by atoms with Crippen LogP contribution in [0.3, 0.4) is 0 Å². The first-order valence-corrected chi connectivity index (χ1v) is 29.7. The van der Waals surface area contributed by atoms with Gasteiger partial charge in [0.05, 0.1) is 0 Å². The van der Waals surface area contributed by atoms with E-state index in [1.54, 1.807) is 0 Å². The van der Waals surface area contributed by atoms with Crippen LogP contribution < -0.4 is 0 Å². The Hall–Kier alpha value is -1.59. The van der Waals surface area contributed by atoms with Gasteiger partial charge < -0.3 is 14.2 Å². The van der Waals surface area contributed by atoms with Gasteiger partial charge in [-0.05, 0) is 31.1 Å². The maximum absolute atomic E-state index is 12.9. The molecular weight excluding hydrogens is 817 g/mol. The summed E-state index contributed by atoms with van der Waals surface area (Å²) in [6.45, 7) is 11.4. The van der Waals surface area contributed by atoms with Gasteiger partial charge in [-0.25, -0.2) is 0 Å². The lowest BCUT2D eigenvalue weighted by molar-refractivity contribution is -0.167. The van der Waals surface area contributed by atoms with Crippen molar-refractivity contribution in [3.05, 3.63) is 0 Å². The second-order valence-electron chi connectivity index (χ2n) is 21.6. The standard InChI is InChI=1S/C60H116O6/c1-6-7-8-9-10-11-12-25-30-35-40-45-50-58(61)64-53-57(54-65-59(62)51-46-41-36-31-26-22-21-24-29-34-39-44-49-56(4)5)66-60(63)52-47-42-37-32-27-20-18-16-14-13-15-17-19-23-28-33-38-43-48-55(2)3/h55-57H,6-54H2,1-5H3/t57-/m0/s1. The Morgan fingerprint density at radius 3 is 0.742 bits per heavy atom. The highest BCUT2D eigenvalue weighted by Gasteiger charge is 2.19. The number of carbonyl (C=O) groups excluding carboxylic acids is 3. The summed E-state index contributed by atoms with van der Waals surface area (Å²) in [7, 11) is 0. The van der Waals surface area contributed by atoms with Crippen molar-refractivity contribution in [3.63, 3.8) is 0 Å². The lowest BCUT2D eigenvalue weighted by Gasteiger charge is -2.18. The number of ether oxygens (including phenoxy) is 3. The van der Waals surface area contributed by atoms with E-state index in [1.807, 2.05) is 0 Å². The summed E-state index contributed by atoms with van der Waals surface area (Å²) in [6.07, 6.45) is 56.7. The molecule has 392 valence electrons. The van der Waals surface area contributed by atoms with Crippen LogP contribution in [-0.2, 0) is 28.6 Å². The first-order chi connectivity index (χ1) is 32.2. The summed E-state index contributed by atoms with van der Waals surface area (Å²) in [6, 6.07) is 0. The fraction of sp³-hybridized carbons (Fsp3) is 0.950. The minimum Gasteiger partial charge on any atom is -0.462 e. The fourth-order valence-corrected chi connectivity index (χ4v) is 9.23. The zero-order valence-corrected chi connectivity index (χ0v) is 45.3. The molecule has 0 rings (SSSR count). The minimum atomic E-state index is -0.762. The van der Waals surface area contributed by atoms with Crippen molar-refractivity contribution in [1.82, 2.24) is 0 Å². The molecule has 0 spiro atoms. The summed E-state index contributed by atoms with van der Waals surface area (Å²) < 4.78 is 16.9. The number of rotatable bonds is 54. The van der Waals surface area contributed by atoms with Crippen LogP contribution in [0.2, 0.25) is 0 Å². The summed E-state index contributed by atoms with van der Waals surface area (Å²) in [4.78, 5) is 38.1. The van der Waals surface area contributed by atoms with E-state index in [9.17, 15) is 14.4 Å². The normalized spacial score (nSPS) is 12.0. The number of esters is 3. The molecule has 0 bridgehead atoms. The van der Waals surface area contributed by atoms with Crippen LogP contribution in [0.1, 0.15) is 336 Å². The van der Waals surface area contributed by atoms with Crippen molar-refractivity contribution < 1.29 is 28.6 Å². The zero-order chi connectivity index (χ0) is 48.2. The Balaban J connectivity index is 4.25. The topological polar surface area (TPSA) is 78.9 Å². The minimum absolute atomic E-state index is 0.0625. The highest BCUT2D eigenvalue weighted by atomic mass is 16.6. The van der Waals surface area contributed by atoms with Gasteiger partial charge >= 0.3 is 17.9 Å². The summed E-state index contributed by atoms with van der Waals surface area (Å²) in [5, 5.41) is 0. The van der Waals surface area contributed by atoms with Crippen molar-refractivity contribution in [1.29, 1.82) is 0 Å². The van der Waals surface area contributed by atoms with Crippen LogP contribution in [0, 0.1) is 11.8 Å². The molecule has 0 saturated carbocycles. The van der Waals surface area contributed by atoms with Gasteiger partial charge in [-0.15, -0.1) is 0 Å². The average molecular weight is 934 g/mol. The molecular formula is C60H116O6. The molecule has 0 aliphatic rings. The van der Waals surface area contributed by atoms with Crippen LogP contribution in [0.15, 0.2) is 0 Å². The maximum atomic E-state index is 12.9. The van der Waals surface area contributed by atoms with Gasteiger partial charge in [0.1, 0.15) is 13.2 Å². The number of hydrogen-bond donors (Lipinski definition) is 0. The quantitative estimate of drug-likeness (QED) is 0.0343. The van der Waals surface area contributed by atoms with E-state index >= 15 is 0 Å². The first kappa shape index (κ1) is 64.4. The molecule has 0 aromatic heterocycles. The number of carbonyl (C=O) groups is 3. The fourth-order valence-electron chi connectivity index (χ4n) is 9.23. The maximum Gasteiger partial charge on any atom is 0.306 e. The number of unbranched alkanes of at least 4 members (excludes halogenated alkanes) is 39. The second kappa shape index (κ2) is 52.8. The molecule has 6 nitrogen and oxygen atoms in total. The Bertz CT molecular complexity index is 1010. The molecule has 0 aliphatic heterocycles. The van der Waals surface area contributed by atoms with Crippen LogP contribution >= 0.6 is 0 Å². The van der Waals surface area contributed by atoms with Gasteiger partial charge in [0.15, 0.2) is 6.10 Å². The number of hydrogen-bond acceptors (Lipinski definition) is 6. The molecule has 0 saturated heterocycles. The molecule has 0 aliphatic carbocycles. The van der Waals surface area contributed by atoms with E-state index in [0.29, 0.717) is 19.3 Å². The van der Waals surface area contributed by atoms with Gasteiger partial charge in [0.25, 0.3) is 0 Å². The molecule has 66 heavy (non-hydrogen) atoms.